The lowest BCUT2D eigenvalue weighted by molar-refractivity contribution is 0.296. The second kappa shape index (κ2) is 4.73. The van der Waals surface area contributed by atoms with E-state index in [1.165, 1.54) is 6.26 Å². The van der Waals surface area contributed by atoms with Gasteiger partial charge >= 0.3 is 0 Å². The van der Waals surface area contributed by atoms with Gasteiger partial charge in [0.15, 0.2) is 15.7 Å². The molecule has 1 fully saturated rings. The molecule has 1 N–H and O–H groups in total. The van der Waals surface area contributed by atoms with Gasteiger partial charge in [0.25, 0.3) is 0 Å². The Balaban J connectivity index is 2.15. The van der Waals surface area contributed by atoms with Crippen LogP contribution in [0.1, 0.15) is 49.2 Å². The van der Waals surface area contributed by atoms with Gasteiger partial charge in [-0.3, -0.25) is 0 Å². The van der Waals surface area contributed by atoms with Gasteiger partial charge in [-0.05, 0) is 26.3 Å². The van der Waals surface area contributed by atoms with E-state index in [0.29, 0.717) is 5.89 Å². The molecule has 2 heterocycles. The van der Waals surface area contributed by atoms with E-state index in [1.807, 2.05) is 0 Å². The molecule has 0 spiro atoms. The Kier molecular flexibility index (Phi) is 3.48. The van der Waals surface area contributed by atoms with Gasteiger partial charge in [-0.1, -0.05) is 11.6 Å². The van der Waals surface area contributed by atoms with Gasteiger partial charge in [-0.15, -0.1) is 0 Å². The fourth-order valence-electron chi connectivity index (χ4n) is 1.81. The number of sulfone groups is 1. The minimum atomic E-state index is -3.18. The molecule has 0 aromatic carbocycles. The van der Waals surface area contributed by atoms with E-state index in [4.69, 9.17) is 4.52 Å². The summed E-state index contributed by atoms with van der Waals surface area (Å²) >= 11 is 0. The van der Waals surface area contributed by atoms with Crippen molar-refractivity contribution < 1.29 is 12.9 Å². The summed E-state index contributed by atoms with van der Waals surface area (Å²) in [5, 5.41) is 6.31. The quantitative estimate of drug-likeness (QED) is 0.871. The molecule has 0 amide bonds. The minimum absolute atomic E-state index is 0.0664. The Morgan fingerprint density at radius 3 is 2.82 bits per heavy atom. The molecule has 1 saturated heterocycles. The average Bonchev–Trinajstić information content (AvgIpc) is 2.77. The predicted octanol–water partition coefficient (Wildman–Crippen LogP) is 0.990. The summed E-state index contributed by atoms with van der Waals surface area (Å²) in [7, 11) is -3.18. The highest BCUT2D eigenvalue weighted by atomic mass is 32.2. The molecule has 2 rings (SSSR count). The number of hydrogen-bond acceptors (Lipinski definition) is 6. The highest BCUT2D eigenvalue weighted by molar-refractivity contribution is 7.90. The minimum Gasteiger partial charge on any atom is -0.338 e. The van der Waals surface area contributed by atoms with Crippen molar-refractivity contribution in [2.45, 2.75) is 37.5 Å². The maximum atomic E-state index is 11.4. The molecule has 1 aromatic rings. The van der Waals surface area contributed by atoms with Gasteiger partial charge in [0.1, 0.15) is 5.25 Å². The largest absolute Gasteiger partial charge is 0.338 e. The second-order valence-electron chi connectivity index (χ2n) is 4.47. The smallest absolute Gasteiger partial charge is 0.243 e. The molecule has 0 aliphatic carbocycles. The van der Waals surface area contributed by atoms with Crippen LogP contribution in [0.4, 0.5) is 0 Å². The molecule has 17 heavy (non-hydrogen) atoms. The van der Waals surface area contributed by atoms with E-state index in [0.717, 1.165) is 25.8 Å². The maximum absolute atomic E-state index is 11.4. The summed E-state index contributed by atoms with van der Waals surface area (Å²) in [4.78, 5) is 4.18. The standard InChI is InChI=1S/C10H17N3O3S/c1-7(17(2,14)15)9-12-10(16-13-9)8-5-3-4-6-11-8/h7-8,11H,3-6H2,1-2H3/t7?,8-/m1/s1. The van der Waals surface area contributed by atoms with Gasteiger partial charge in [-0.25, -0.2) is 8.42 Å². The van der Waals surface area contributed by atoms with Crippen molar-refractivity contribution in [2.24, 2.45) is 0 Å². The van der Waals surface area contributed by atoms with Crippen molar-refractivity contribution in [3.05, 3.63) is 11.7 Å². The third-order valence-corrected chi connectivity index (χ3v) is 4.57. The van der Waals surface area contributed by atoms with Crippen molar-refractivity contribution in [3.8, 4) is 0 Å². The molecule has 1 aliphatic rings. The average molecular weight is 259 g/mol. The molecule has 0 radical (unpaired) electrons. The van der Waals surface area contributed by atoms with Crippen LogP contribution >= 0.6 is 0 Å². The molecule has 96 valence electrons. The first-order valence-electron chi connectivity index (χ1n) is 5.74. The third kappa shape index (κ3) is 2.84. The highest BCUT2D eigenvalue weighted by Crippen LogP contribution is 2.24. The van der Waals surface area contributed by atoms with Crippen molar-refractivity contribution in [1.29, 1.82) is 0 Å². The highest BCUT2D eigenvalue weighted by Gasteiger charge is 2.26. The van der Waals surface area contributed by atoms with E-state index in [1.54, 1.807) is 6.92 Å². The fourth-order valence-corrected chi connectivity index (χ4v) is 2.29. The summed E-state index contributed by atoms with van der Waals surface area (Å²) in [6.07, 6.45) is 4.40. The van der Waals surface area contributed by atoms with Crippen LogP contribution in [0.2, 0.25) is 0 Å². The molecule has 0 bridgehead atoms. The van der Waals surface area contributed by atoms with Crippen molar-refractivity contribution >= 4 is 9.84 Å². The van der Waals surface area contributed by atoms with E-state index >= 15 is 0 Å². The summed E-state index contributed by atoms with van der Waals surface area (Å²) in [6, 6.07) is 0.0664. The first kappa shape index (κ1) is 12.5. The van der Waals surface area contributed by atoms with Crippen LogP contribution < -0.4 is 5.32 Å². The zero-order valence-corrected chi connectivity index (χ0v) is 10.8. The topological polar surface area (TPSA) is 85.1 Å². The Hall–Kier alpha value is -0.950. The number of rotatable bonds is 3. The summed E-state index contributed by atoms with van der Waals surface area (Å²) in [6.45, 7) is 2.50. The summed E-state index contributed by atoms with van der Waals surface area (Å²) < 4.78 is 27.9. The summed E-state index contributed by atoms with van der Waals surface area (Å²) in [5.74, 6) is 0.741. The van der Waals surface area contributed by atoms with Gasteiger partial charge < -0.3 is 9.84 Å². The van der Waals surface area contributed by atoms with Crippen LogP contribution in [-0.4, -0.2) is 31.4 Å². The van der Waals surface area contributed by atoms with Crippen molar-refractivity contribution in [1.82, 2.24) is 15.5 Å². The normalized spacial score (nSPS) is 23.5. The zero-order chi connectivity index (χ0) is 12.5. The molecular formula is C10H17N3O3S. The van der Waals surface area contributed by atoms with Gasteiger partial charge in [0.05, 0.1) is 6.04 Å². The SMILES string of the molecule is CC(c1noc([C@H]2CCCCN2)n1)S(C)(=O)=O. The molecule has 2 atom stereocenters. The van der Waals surface area contributed by atoms with E-state index in [9.17, 15) is 8.42 Å². The van der Waals surface area contributed by atoms with Crippen LogP contribution in [0, 0.1) is 0 Å². The zero-order valence-electron chi connectivity index (χ0n) is 10.0. The molecular weight excluding hydrogens is 242 g/mol. The first-order valence-corrected chi connectivity index (χ1v) is 7.69. The lowest BCUT2D eigenvalue weighted by Crippen LogP contribution is -2.27. The lowest BCUT2D eigenvalue weighted by Gasteiger charge is -2.19. The molecule has 1 aromatic heterocycles. The lowest BCUT2D eigenvalue weighted by atomic mass is 10.1. The van der Waals surface area contributed by atoms with Crippen LogP contribution in [-0.2, 0) is 9.84 Å². The number of nitrogens with one attached hydrogen (secondary N) is 1. The fraction of sp³-hybridized carbons (Fsp3) is 0.800. The van der Waals surface area contributed by atoms with E-state index in [-0.39, 0.29) is 11.9 Å². The van der Waals surface area contributed by atoms with Crippen molar-refractivity contribution in [2.75, 3.05) is 12.8 Å². The molecule has 6 nitrogen and oxygen atoms in total. The Labute approximate surface area is 101 Å². The van der Waals surface area contributed by atoms with Gasteiger partial charge in [0.2, 0.25) is 5.89 Å². The van der Waals surface area contributed by atoms with Crippen LogP contribution in [0.15, 0.2) is 4.52 Å². The predicted molar refractivity (Wildman–Crippen MR) is 62.2 cm³/mol. The first-order chi connectivity index (χ1) is 7.98. The molecule has 1 unspecified atom stereocenters. The molecule has 7 heteroatoms. The number of aromatic nitrogens is 2. The van der Waals surface area contributed by atoms with Crippen LogP contribution in [0.25, 0.3) is 0 Å². The Morgan fingerprint density at radius 1 is 1.47 bits per heavy atom. The van der Waals surface area contributed by atoms with Gasteiger partial charge in [-0.2, -0.15) is 4.98 Å². The molecule has 0 saturated carbocycles. The van der Waals surface area contributed by atoms with E-state index in [2.05, 4.69) is 15.5 Å². The van der Waals surface area contributed by atoms with Gasteiger partial charge in [0, 0.05) is 6.26 Å². The van der Waals surface area contributed by atoms with Crippen LogP contribution in [0.3, 0.4) is 0 Å². The number of piperidine rings is 1. The van der Waals surface area contributed by atoms with E-state index < -0.39 is 15.1 Å². The number of nitrogens with zero attached hydrogens (tertiary/aromatic N) is 2. The third-order valence-electron chi connectivity index (χ3n) is 3.07. The van der Waals surface area contributed by atoms with Crippen LogP contribution in [0.5, 0.6) is 0 Å². The Morgan fingerprint density at radius 2 is 2.24 bits per heavy atom. The maximum Gasteiger partial charge on any atom is 0.243 e. The number of hydrogen-bond donors (Lipinski definition) is 1. The summed E-state index contributed by atoms with van der Waals surface area (Å²) in [5.41, 5.74) is 0. The Bertz CT molecular complexity index is 477. The monoisotopic (exact) mass is 259 g/mol. The molecule has 1 aliphatic heterocycles. The second-order valence-corrected chi connectivity index (χ2v) is 6.83. The van der Waals surface area contributed by atoms with Crippen molar-refractivity contribution in [3.63, 3.8) is 0 Å².